The van der Waals surface area contributed by atoms with Crippen molar-refractivity contribution in [2.45, 2.75) is 38.1 Å². The number of nitrogens with zero attached hydrogens (tertiary/aromatic N) is 3. The van der Waals surface area contributed by atoms with E-state index in [1.807, 2.05) is 18.8 Å². The molecule has 3 rings (SSSR count). The Hall–Kier alpha value is -0.420. The summed E-state index contributed by atoms with van der Waals surface area (Å²) in [5, 5.41) is 3.53. The molecule has 0 amide bonds. The van der Waals surface area contributed by atoms with Gasteiger partial charge in [-0.3, -0.25) is 9.89 Å². The van der Waals surface area contributed by atoms with E-state index in [4.69, 9.17) is 0 Å². The van der Waals surface area contributed by atoms with Crippen LogP contribution >= 0.6 is 11.8 Å². The molecule has 0 aromatic heterocycles. The second kappa shape index (κ2) is 7.91. The first-order chi connectivity index (χ1) is 10.8. The van der Waals surface area contributed by atoms with Crippen LogP contribution in [0.3, 0.4) is 0 Å². The van der Waals surface area contributed by atoms with E-state index in [0.717, 1.165) is 43.5 Å². The lowest BCUT2D eigenvalue weighted by atomic mass is 9.93. The third kappa shape index (κ3) is 3.73. The van der Waals surface area contributed by atoms with Crippen LogP contribution in [0.4, 0.5) is 0 Å². The molecule has 1 heterocycles. The Balaban J connectivity index is 1.42. The molecule has 0 aromatic carbocycles. The van der Waals surface area contributed by atoms with Gasteiger partial charge in [0.05, 0.1) is 0 Å². The Morgan fingerprint density at radius 1 is 1.18 bits per heavy atom. The van der Waals surface area contributed by atoms with Crippen molar-refractivity contribution in [2.75, 3.05) is 51.8 Å². The van der Waals surface area contributed by atoms with E-state index >= 15 is 0 Å². The van der Waals surface area contributed by atoms with Gasteiger partial charge in [-0.25, -0.2) is 0 Å². The molecule has 2 bridgehead atoms. The minimum Gasteiger partial charge on any atom is -0.356 e. The topological polar surface area (TPSA) is 30.9 Å². The molecule has 3 fully saturated rings. The predicted molar refractivity (Wildman–Crippen MR) is 96.7 cm³/mol. The zero-order valence-corrected chi connectivity index (χ0v) is 15.1. The summed E-state index contributed by atoms with van der Waals surface area (Å²) >= 11 is 1.92. The summed E-state index contributed by atoms with van der Waals surface area (Å²) in [6, 6.07) is 0.900. The lowest BCUT2D eigenvalue weighted by Gasteiger charge is -2.42. The molecule has 126 valence electrons. The summed E-state index contributed by atoms with van der Waals surface area (Å²) in [7, 11) is 1.92. The first-order valence-electron chi connectivity index (χ1n) is 9.00. The van der Waals surface area contributed by atoms with Crippen LogP contribution in [0.2, 0.25) is 0 Å². The molecule has 22 heavy (non-hydrogen) atoms. The van der Waals surface area contributed by atoms with Gasteiger partial charge in [-0.15, -0.1) is 0 Å². The second-order valence-corrected chi connectivity index (χ2v) is 8.07. The van der Waals surface area contributed by atoms with Crippen LogP contribution in [0, 0.1) is 11.8 Å². The number of rotatable bonds is 5. The van der Waals surface area contributed by atoms with Crippen LogP contribution in [0.15, 0.2) is 4.99 Å². The number of guanidine groups is 1. The average Bonchev–Trinajstić information content (AvgIpc) is 3.18. The maximum absolute atomic E-state index is 4.48. The first-order valence-corrected chi connectivity index (χ1v) is 10.4. The lowest BCUT2D eigenvalue weighted by molar-refractivity contribution is 0.0959. The molecular weight excluding hydrogens is 292 g/mol. The number of hydrogen-bond acceptors (Lipinski definition) is 3. The maximum Gasteiger partial charge on any atom is 0.193 e. The number of aliphatic imine (C=N–C) groups is 1. The molecule has 5 heteroatoms. The lowest BCUT2D eigenvalue weighted by Crippen LogP contribution is -2.55. The Kier molecular flexibility index (Phi) is 5.91. The molecule has 3 atom stereocenters. The summed E-state index contributed by atoms with van der Waals surface area (Å²) in [4.78, 5) is 9.70. The molecule has 0 aromatic rings. The van der Waals surface area contributed by atoms with Crippen LogP contribution in [0.1, 0.15) is 32.1 Å². The van der Waals surface area contributed by atoms with Crippen molar-refractivity contribution in [1.82, 2.24) is 15.1 Å². The molecule has 0 radical (unpaired) electrons. The number of thioether (sulfide) groups is 1. The van der Waals surface area contributed by atoms with Crippen molar-refractivity contribution in [3.63, 3.8) is 0 Å². The third-order valence-electron chi connectivity index (χ3n) is 5.80. The molecule has 3 unspecified atom stereocenters. The van der Waals surface area contributed by atoms with Crippen molar-refractivity contribution in [3.05, 3.63) is 0 Å². The number of hydrogen-bond donors (Lipinski definition) is 1. The Morgan fingerprint density at radius 2 is 2.00 bits per heavy atom. The van der Waals surface area contributed by atoms with Gasteiger partial charge in [-0.1, -0.05) is 6.42 Å². The summed E-state index contributed by atoms with van der Waals surface area (Å²) in [6.45, 7) is 5.76. The summed E-state index contributed by atoms with van der Waals surface area (Å²) in [5.41, 5.74) is 0. The summed E-state index contributed by atoms with van der Waals surface area (Å²) in [6.07, 6.45) is 9.38. The average molecular weight is 325 g/mol. The monoisotopic (exact) mass is 324 g/mol. The minimum absolute atomic E-state index is 0.900. The first kappa shape index (κ1) is 16.4. The Labute approximate surface area is 140 Å². The highest BCUT2D eigenvalue weighted by molar-refractivity contribution is 7.98. The van der Waals surface area contributed by atoms with Gasteiger partial charge in [0, 0.05) is 45.8 Å². The van der Waals surface area contributed by atoms with E-state index in [-0.39, 0.29) is 0 Å². The van der Waals surface area contributed by atoms with E-state index in [1.54, 1.807) is 0 Å². The smallest absolute Gasteiger partial charge is 0.193 e. The Morgan fingerprint density at radius 3 is 2.59 bits per heavy atom. The summed E-state index contributed by atoms with van der Waals surface area (Å²) in [5.74, 6) is 4.40. The van der Waals surface area contributed by atoms with Gasteiger partial charge in [-0.2, -0.15) is 11.8 Å². The van der Waals surface area contributed by atoms with Crippen molar-refractivity contribution in [2.24, 2.45) is 16.8 Å². The highest BCUT2D eigenvalue weighted by atomic mass is 32.2. The fourth-order valence-corrected chi connectivity index (χ4v) is 5.11. The van der Waals surface area contributed by atoms with Crippen LogP contribution in [0.5, 0.6) is 0 Å². The molecule has 1 N–H and O–H groups in total. The van der Waals surface area contributed by atoms with Crippen LogP contribution < -0.4 is 5.32 Å². The molecule has 1 aliphatic heterocycles. The highest BCUT2D eigenvalue weighted by Crippen LogP contribution is 2.46. The van der Waals surface area contributed by atoms with Gasteiger partial charge >= 0.3 is 0 Å². The maximum atomic E-state index is 4.48. The van der Waals surface area contributed by atoms with Crippen molar-refractivity contribution >= 4 is 17.7 Å². The third-order valence-corrected chi connectivity index (χ3v) is 6.50. The fourth-order valence-electron chi connectivity index (χ4n) is 4.67. The molecule has 1 saturated heterocycles. The minimum atomic E-state index is 0.900. The number of piperazine rings is 1. The van der Waals surface area contributed by atoms with Gasteiger partial charge in [-0.05, 0) is 49.5 Å². The van der Waals surface area contributed by atoms with Gasteiger partial charge in [0.15, 0.2) is 5.96 Å². The molecule has 2 saturated carbocycles. The van der Waals surface area contributed by atoms with Gasteiger partial charge < -0.3 is 10.2 Å². The Bertz CT molecular complexity index is 379. The van der Waals surface area contributed by atoms with Crippen LogP contribution in [0.25, 0.3) is 0 Å². The zero-order chi connectivity index (χ0) is 15.4. The van der Waals surface area contributed by atoms with E-state index in [0.29, 0.717) is 0 Å². The second-order valence-electron chi connectivity index (χ2n) is 7.09. The zero-order valence-electron chi connectivity index (χ0n) is 14.3. The van der Waals surface area contributed by atoms with Crippen LogP contribution in [-0.4, -0.2) is 73.6 Å². The molecule has 2 aliphatic carbocycles. The molecule has 0 spiro atoms. The van der Waals surface area contributed by atoms with E-state index < -0.39 is 0 Å². The van der Waals surface area contributed by atoms with Gasteiger partial charge in [0.2, 0.25) is 0 Å². The van der Waals surface area contributed by atoms with E-state index in [1.165, 1.54) is 50.9 Å². The quantitative estimate of drug-likeness (QED) is 0.477. The normalized spacial score (nSPS) is 32.7. The van der Waals surface area contributed by atoms with E-state index in [9.17, 15) is 0 Å². The standard InChI is InChI=1S/C17H32N4S/c1-18-17(19-6-3-11-22-2)21-9-7-20(8-10-21)16-13-14-4-5-15(16)12-14/h14-16H,3-13H2,1-2H3,(H,18,19). The van der Waals surface area contributed by atoms with E-state index in [2.05, 4.69) is 26.4 Å². The predicted octanol–water partition coefficient (Wildman–Crippen LogP) is 2.12. The summed E-state index contributed by atoms with van der Waals surface area (Å²) < 4.78 is 0. The van der Waals surface area contributed by atoms with Crippen molar-refractivity contribution in [1.29, 1.82) is 0 Å². The highest BCUT2D eigenvalue weighted by Gasteiger charge is 2.42. The number of fused-ring (bicyclic) bond motifs is 2. The SMILES string of the molecule is CN=C(NCCCSC)N1CCN(C2CC3CCC2C3)CC1. The largest absolute Gasteiger partial charge is 0.356 e. The van der Waals surface area contributed by atoms with Crippen molar-refractivity contribution in [3.8, 4) is 0 Å². The molecule has 4 nitrogen and oxygen atoms in total. The molecule has 3 aliphatic rings. The van der Waals surface area contributed by atoms with Gasteiger partial charge in [0.25, 0.3) is 0 Å². The molecular formula is C17H32N4S. The fraction of sp³-hybridized carbons (Fsp3) is 0.941. The number of nitrogens with one attached hydrogen (secondary N) is 1. The van der Waals surface area contributed by atoms with Gasteiger partial charge in [0.1, 0.15) is 0 Å². The van der Waals surface area contributed by atoms with Crippen LogP contribution in [-0.2, 0) is 0 Å². The van der Waals surface area contributed by atoms with Crippen molar-refractivity contribution < 1.29 is 0 Å².